The molecule has 3 rings (SSSR count). The van der Waals surface area contributed by atoms with E-state index in [9.17, 15) is 18.0 Å². The van der Waals surface area contributed by atoms with Gasteiger partial charge in [-0.15, -0.1) is 0 Å². The third-order valence-corrected chi connectivity index (χ3v) is 3.12. The van der Waals surface area contributed by atoms with Gasteiger partial charge in [0.05, 0.1) is 0 Å². The summed E-state index contributed by atoms with van der Waals surface area (Å²) in [7, 11) is 0. The number of carbonyl (C=O) groups is 1. The Hall–Kier alpha value is -3.03. The van der Waals surface area contributed by atoms with Crippen LogP contribution in [0.25, 0.3) is 10.9 Å². The first-order valence-corrected chi connectivity index (χ1v) is 6.60. The van der Waals surface area contributed by atoms with Gasteiger partial charge in [0.1, 0.15) is 5.69 Å². The molecule has 0 saturated heterocycles. The monoisotopic (exact) mass is 320 g/mol. The highest BCUT2D eigenvalue weighted by atomic mass is 19.4. The molecule has 0 aliphatic carbocycles. The number of hydrogen-bond acceptors (Lipinski definition) is 2. The Labute approximate surface area is 128 Å². The van der Waals surface area contributed by atoms with Crippen LogP contribution in [-0.2, 0) is 6.18 Å². The van der Waals surface area contributed by atoms with E-state index in [1.807, 2.05) is 12.1 Å². The number of aromatic nitrogens is 2. The van der Waals surface area contributed by atoms with Crippen LogP contribution in [0.2, 0.25) is 0 Å². The number of fused-ring (bicyclic) bond motifs is 1. The predicted octanol–water partition coefficient (Wildman–Crippen LogP) is 4.23. The summed E-state index contributed by atoms with van der Waals surface area (Å²) in [6.07, 6.45) is -1.81. The first-order chi connectivity index (χ1) is 10.9. The Morgan fingerprint density at radius 1 is 1.04 bits per heavy atom. The number of H-pyrrole nitrogens is 1. The van der Waals surface area contributed by atoms with Gasteiger partial charge in [0.2, 0.25) is 0 Å². The third kappa shape index (κ3) is 3.42. The molecular weight excluding hydrogens is 309 g/mol. The number of hydrogen-bond donors (Lipinski definition) is 3. The van der Waals surface area contributed by atoms with E-state index in [0.29, 0.717) is 5.69 Å². The Bertz CT molecular complexity index is 857. The zero-order valence-corrected chi connectivity index (χ0v) is 11.6. The quantitative estimate of drug-likeness (QED) is 0.661. The maximum atomic E-state index is 12.6. The maximum Gasteiger partial charge on any atom is 0.433 e. The van der Waals surface area contributed by atoms with Crippen molar-refractivity contribution in [3.05, 3.63) is 54.5 Å². The van der Waals surface area contributed by atoms with Gasteiger partial charge in [-0.05, 0) is 35.7 Å². The first-order valence-electron chi connectivity index (χ1n) is 6.60. The summed E-state index contributed by atoms with van der Waals surface area (Å²) < 4.78 is 37.7. The zero-order valence-electron chi connectivity index (χ0n) is 11.6. The summed E-state index contributed by atoms with van der Waals surface area (Å²) in [6, 6.07) is 8.53. The van der Waals surface area contributed by atoms with Crippen molar-refractivity contribution >= 4 is 28.3 Å². The molecule has 3 aromatic rings. The topological polar surface area (TPSA) is 69.8 Å². The van der Waals surface area contributed by atoms with Crippen LogP contribution < -0.4 is 10.6 Å². The van der Waals surface area contributed by atoms with Crippen LogP contribution in [-0.4, -0.2) is 16.0 Å². The van der Waals surface area contributed by atoms with Gasteiger partial charge in [-0.1, -0.05) is 6.07 Å². The lowest BCUT2D eigenvalue weighted by atomic mass is 10.2. The van der Waals surface area contributed by atoms with Crippen LogP contribution in [0.15, 0.2) is 48.8 Å². The van der Waals surface area contributed by atoms with Crippen molar-refractivity contribution in [3.63, 3.8) is 0 Å². The number of amides is 2. The average molecular weight is 320 g/mol. The number of anilines is 2. The number of carbonyl (C=O) groups excluding carboxylic acids is 1. The molecular formula is C15H11F3N4O. The minimum atomic E-state index is -4.56. The van der Waals surface area contributed by atoms with Crippen molar-refractivity contribution < 1.29 is 18.0 Å². The van der Waals surface area contributed by atoms with Crippen molar-refractivity contribution in [1.29, 1.82) is 0 Å². The second-order valence-electron chi connectivity index (χ2n) is 4.79. The summed E-state index contributed by atoms with van der Waals surface area (Å²) in [5.74, 6) is 0. The highest BCUT2D eigenvalue weighted by Gasteiger charge is 2.32. The maximum absolute atomic E-state index is 12.6. The number of rotatable bonds is 2. The first kappa shape index (κ1) is 14.9. The van der Waals surface area contributed by atoms with Gasteiger partial charge < -0.3 is 15.6 Å². The van der Waals surface area contributed by atoms with Crippen molar-refractivity contribution in [2.75, 3.05) is 10.6 Å². The molecule has 0 spiro atoms. The number of benzene rings is 1. The largest absolute Gasteiger partial charge is 0.433 e. The van der Waals surface area contributed by atoms with Crippen molar-refractivity contribution in [2.24, 2.45) is 0 Å². The lowest BCUT2D eigenvalue weighted by Crippen LogP contribution is -2.20. The van der Waals surface area contributed by atoms with Gasteiger partial charge in [0, 0.05) is 29.3 Å². The van der Waals surface area contributed by atoms with E-state index in [1.54, 1.807) is 18.3 Å². The Morgan fingerprint density at radius 2 is 1.78 bits per heavy atom. The van der Waals surface area contributed by atoms with E-state index >= 15 is 0 Å². The molecule has 8 heteroatoms. The van der Waals surface area contributed by atoms with E-state index in [0.717, 1.165) is 23.2 Å². The second kappa shape index (κ2) is 5.64. The molecule has 0 fully saturated rings. The average Bonchev–Trinajstić information content (AvgIpc) is 2.94. The molecule has 0 bridgehead atoms. The summed E-state index contributed by atoms with van der Waals surface area (Å²) in [6.45, 7) is 0. The summed E-state index contributed by atoms with van der Waals surface area (Å²) in [5.41, 5.74) is 0.294. The van der Waals surface area contributed by atoms with Gasteiger partial charge in [0.15, 0.2) is 0 Å². The van der Waals surface area contributed by atoms with Crippen molar-refractivity contribution in [2.45, 2.75) is 6.18 Å². The number of pyridine rings is 1. The highest BCUT2D eigenvalue weighted by molar-refractivity contribution is 6.00. The van der Waals surface area contributed by atoms with Crippen LogP contribution in [0, 0.1) is 0 Å². The molecule has 5 nitrogen and oxygen atoms in total. The molecule has 0 aliphatic heterocycles. The fourth-order valence-corrected chi connectivity index (χ4v) is 2.08. The summed E-state index contributed by atoms with van der Waals surface area (Å²) in [4.78, 5) is 18.1. The number of urea groups is 1. The molecule has 0 atom stereocenters. The van der Waals surface area contributed by atoms with E-state index < -0.39 is 17.9 Å². The summed E-state index contributed by atoms with van der Waals surface area (Å²) in [5, 5.41) is 5.89. The van der Waals surface area contributed by atoms with Crippen molar-refractivity contribution in [3.8, 4) is 0 Å². The predicted molar refractivity (Wildman–Crippen MR) is 80.2 cm³/mol. The molecule has 2 amide bonds. The third-order valence-electron chi connectivity index (χ3n) is 3.12. The second-order valence-corrected chi connectivity index (χ2v) is 4.79. The minimum absolute atomic E-state index is 0.00535. The number of nitrogens with zero attached hydrogens (tertiary/aromatic N) is 1. The molecule has 3 N–H and O–H groups in total. The Morgan fingerprint density at radius 3 is 2.52 bits per heavy atom. The van der Waals surface area contributed by atoms with Crippen LogP contribution in [0.5, 0.6) is 0 Å². The van der Waals surface area contributed by atoms with Gasteiger partial charge in [0.25, 0.3) is 0 Å². The molecule has 0 aliphatic rings. The van der Waals surface area contributed by atoms with Gasteiger partial charge in [-0.3, -0.25) is 4.98 Å². The van der Waals surface area contributed by atoms with E-state index in [2.05, 4.69) is 20.6 Å². The molecule has 0 unspecified atom stereocenters. The normalized spacial score (nSPS) is 11.4. The van der Waals surface area contributed by atoms with E-state index in [4.69, 9.17) is 0 Å². The zero-order chi connectivity index (χ0) is 16.4. The molecule has 0 radical (unpaired) electrons. The van der Waals surface area contributed by atoms with Gasteiger partial charge in [-0.2, -0.15) is 13.2 Å². The van der Waals surface area contributed by atoms with Crippen LogP contribution in [0.3, 0.4) is 0 Å². The molecule has 23 heavy (non-hydrogen) atoms. The van der Waals surface area contributed by atoms with Crippen LogP contribution in [0.4, 0.5) is 29.3 Å². The Kier molecular flexibility index (Phi) is 3.65. The lowest BCUT2D eigenvalue weighted by Gasteiger charge is -2.10. The van der Waals surface area contributed by atoms with Crippen LogP contribution in [0.1, 0.15) is 5.69 Å². The smallest absolute Gasteiger partial charge is 0.361 e. The number of nitrogens with one attached hydrogen (secondary N) is 3. The van der Waals surface area contributed by atoms with Crippen molar-refractivity contribution in [1.82, 2.24) is 9.97 Å². The fraction of sp³-hybridized carbons (Fsp3) is 0.0667. The molecule has 2 heterocycles. The molecule has 1 aromatic carbocycles. The van der Waals surface area contributed by atoms with Gasteiger partial charge >= 0.3 is 12.2 Å². The Balaban J connectivity index is 1.71. The molecule has 118 valence electrons. The fourth-order valence-electron chi connectivity index (χ4n) is 2.08. The van der Waals surface area contributed by atoms with Gasteiger partial charge in [-0.25, -0.2) is 4.79 Å². The van der Waals surface area contributed by atoms with E-state index in [1.165, 1.54) is 6.07 Å². The van der Waals surface area contributed by atoms with E-state index in [-0.39, 0.29) is 5.69 Å². The molecule has 2 aromatic heterocycles. The SMILES string of the molecule is O=C(Nc1ccnc(C(F)(F)F)c1)Nc1ccc2cc[nH]c2c1. The number of alkyl halides is 3. The highest BCUT2D eigenvalue weighted by Crippen LogP contribution is 2.28. The van der Waals surface area contributed by atoms with Crippen LogP contribution >= 0.6 is 0 Å². The lowest BCUT2D eigenvalue weighted by molar-refractivity contribution is -0.141. The standard InChI is InChI=1S/C15H11F3N4O/c16-15(17,18)13-8-11(4-6-20-13)22-14(23)21-10-2-1-9-3-5-19-12(9)7-10/h1-8,19H,(H2,20,21,22,23). The minimum Gasteiger partial charge on any atom is -0.361 e. The molecule has 0 saturated carbocycles. The number of halogens is 3. The summed E-state index contributed by atoms with van der Waals surface area (Å²) >= 11 is 0. The number of aromatic amines is 1.